The van der Waals surface area contributed by atoms with Gasteiger partial charge in [0, 0.05) is 44.2 Å². The van der Waals surface area contributed by atoms with Crippen molar-refractivity contribution in [2.45, 2.75) is 104 Å². The number of pyridine rings is 1. The van der Waals surface area contributed by atoms with Crippen LogP contribution in [0.5, 0.6) is 0 Å². The molecule has 1 radical (unpaired) electrons. The molecule has 2 aliphatic rings. The van der Waals surface area contributed by atoms with Crippen LogP contribution in [0.2, 0.25) is 0 Å². The number of ketones is 1. The molecule has 3 nitrogen and oxygen atoms in total. The van der Waals surface area contributed by atoms with E-state index in [1.54, 1.807) is 6.08 Å². The van der Waals surface area contributed by atoms with Crippen molar-refractivity contribution in [3.8, 4) is 11.3 Å². The van der Waals surface area contributed by atoms with Gasteiger partial charge in [-0.25, -0.2) is 0 Å². The molecular formula is C36H46IrNO2-. The van der Waals surface area contributed by atoms with E-state index in [-0.39, 0.29) is 37.7 Å². The number of aliphatic hydroxyl groups is 1. The van der Waals surface area contributed by atoms with Crippen LogP contribution in [0.3, 0.4) is 0 Å². The molecule has 40 heavy (non-hydrogen) atoms. The molecule has 0 amide bonds. The van der Waals surface area contributed by atoms with Crippen molar-refractivity contribution >= 4 is 16.6 Å². The zero-order valence-electron chi connectivity index (χ0n) is 24.8. The van der Waals surface area contributed by atoms with Crippen LogP contribution in [-0.4, -0.2) is 15.9 Å². The summed E-state index contributed by atoms with van der Waals surface area (Å²) >= 11 is 0. The van der Waals surface area contributed by atoms with Crippen LogP contribution in [0, 0.1) is 31.7 Å². The van der Waals surface area contributed by atoms with Crippen LogP contribution < -0.4 is 0 Å². The smallest absolute Gasteiger partial charge is 0.162 e. The van der Waals surface area contributed by atoms with Gasteiger partial charge in [0.1, 0.15) is 0 Å². The summed E-state index contributed by atoms with van der Waals surface area (Å²) in [6.45, 7) is 8.72. The number of benzene rings is 2. The Bertz CT molecular complexity index is 1260. The Morgan fingerprint density at radius 3 is 2.25 bits per heavy atom. The Balaban J connectivity index is 0.000000222. The van der Waals surface area contributed by atoms with Crippen molar-refractivity contribution in [3.05, 3.63) is 77.2 Å². The van der Waals surface area contributed by atoms with Crippen LogP contribution >= 0.6 is 0 Å². The monoisotopic (exact) mass is 717 g/mol. The fourth-order valence-corrected chi connectivity index (χ4v) is 6.14. The number of carbonyl (C=O) groups is 1. The Morgan fingerprint density at radius 2 is 1.62 bits per heavy atom. The summed E-state index contributed by atoms with van der Waals surface area (Å²) < 4.78 is 0. The Hall–Kier alpha value is -2.29. The number of hydrogen-bond acceptors (Lipinski definition) is 3. The Kier molecular flexibility index (Phi) is 12.6. The summed E-state index contributed by atoms with van der Waals surface area (Å²) in [7, 11) is 0. The van der Waals surface area contributed by atoms with Crippen LogP contribution in [0.15, 0.2) is 54.4 Å². The third-order valence-electron chi connectivity index (χ3n) is 8.69. The van der Waals surface area contributed by atoms with Gasteiger partial charge < -0.3 is 10.1 Å². The van der Waals surface area contributed by atoms with Crippen molar-refractivity contribution in [3.63, 3.8) is 0 Å². The number of aryl methyl sites for hydroxylation is 2. The first-order chi connectivity index (χ1) is 18.9. The maximum atomic E-state index is 12.0. The molecule has 4 heteroatoms. The van der Waals surface area contributed by atoms with E-state index in [4.69, 9.17) is 0 Å². The number of carbonyl (C=O) groups excluding carboxylic acids is 1. The minimum atomic E-state index is 0. The van der Waals surface area contributed by atoms with Gasteiger partial charge in [-0.15, -0.1) is 34.9 Å². The van der Waals surface area contributed by atoms with E-state index >= 15 is 0 Å². The van der Waals surface area contributed by atoms with Gasteiger partial charge in [-0.1, -0.05) is 84.4 Å². The number of hydrogen-bond donors (Lipinski definition) is 1. The zero-order chi connectivity index (χ0) is 27.8. The van der Waals surface area contributed by atoms with Gasteiger partial charge in [0.25, 0.3) is 0 Å². The summed E-state index contributed by atoms with van der Waals surface area (Å²) in [5.74, 6) is 1.58. The van der Waals surface area contributed by atoms with E-state index in [0.717, 1.165) is 48.9 Å². The third-order valence-corrected chi connectivity index (χ3v) is 8.69. The average molecular weight is 717 g/mol. The van der Waals surface area contributed by atoms with E-state index in [1.165, 1.54) is 60.4 Å². The topological polar surface area (TPSA) is 50.2 Å². The first-order valence-corrected chi connectivity index (χ1v) is 15.2. The van der Waals surface area contributed by atoms with E-state index in [1.807, 2.05) is 6.20 Å². The maximum absolute atomic E-state index is 12.0. The molecule has 2 aliphatic carbocycles. The van der Waals surface area contributed by atoms with Gasteiger partial charge in [0.05, 0.1) is 5.76 Å². The number of nitrogens with zero attached hydrogens (tertiary/aromatic N) is 1. The van der Waals surface area contributed by atoms with Gasteiger partial charge >= 0.3 is 0 Å². The van der Waals surface area contributed by atoms with Crippen LogP contribution in [0.25, 0.3) is 22.0 Å². The predicted octanol–water partition coefficient (Wildman–Crippen LogP) is 9.99. The molecule has 3 aromatic rings. The van der Waals surface area contributed by atoms with E-state index in [9.17, 15) is 9.90 Å². The van der Waals surface area contributed by atoms with Crippen LogP contribution in [-0.2, 0) is 24.9 Å². The minimum absolute atomic E-state index is 0. The summed E-state index contributed by atoms with van der Waals surface area (Å²) in [5.41, 5.74) is 5.92. The van der Waals surface area contributed by atoms with Crippen LogP contribution in [0.4, 0.5) is 0 Å². The number of aliphatic hydroxyl groups excluding tert-OH is 1. The van der Waals surface area contributed by atoms with E-state index in [2.05, 4.69) is 75.1 Å². The number of allylic oxidation sites excluding steroid dienone is 2. The minimum Gasteiger partial charge on any atom is -0.512 e. The van der Waals surface area contributed by atoms with Crippen molar-refractivity contribution in [1.82, 2.24) is 4.98 Å². The SMILES string of the molecule is CCC(C)c1ccc2c(-c3[c-]c(C)cc(C)c3)nccc2c1.O=C(C=C(O)C1CCCCC1)C1CCCCC1.[Ir]. The van der Waals surface area contributed by atoms with E-state index < -0.39 is 0 Å². The second-order valence-electron chi connectivity index (χ2n) is 11.8. The number of fused-ring (bicyclic) bond motifs is 1. The van der Waals surface area contributed by atoms with Gasteiger partial charge in [-0.05, 0) is 66.1 Å². The van der Waals surface area contributed by atoms with Gasteiger partial charge in [0.15, 0.2) is 5.78 Å². The molecule has 0 saturated heterocycles. The summed E-state index contributed by atoms with van der Waals surface area (Å²) in [4.78, 5) is 16.6. The van der Waals surface area contributed by atoms with E-state index in [0.29, 0.717) is 11.7 Å². The summed E-state index contributed by atoms with van der Waals surface area (Å²) in [5, 5.41) is 12.5. The van der Waals surface area contributed by atoms with Gasteiger partial charge in [-0.2, -0.15) is 0 Å². The molecule has 0 bridgehead atoms. The molecule has 0 spiro atoms. The molecular weight excluding hydrogens is 671 g/mol. The number of aromatic nitrogens is 1. The van der Waals surface area contributed by atoms with Crippen molar-refractivity contribution in [2.24, 2.45) is 11.8 Å². The second-order valence-corrected chi connectivity index (χ2v) is 11.8. The molecule has 2 saturated carbocycles. The largest absolute Gasteiger partial charge is 0.512 e. The molecule has 217 valence electrons. The quantitative estimate of drug-likeness (QED) is 0.157. The Morgan fingerprint density at radius 1 is 0.975 bits per heavy atom. The van der Waals surface area contributed by atoms with Gasteiger partial charge in [-0.3, -0.25) is 4.79 Å². The molecule has 5 rings (SSSR count). The average Bonchev–Trinajstić information content (AvgIpc) is 2.96. The fourth-order valence-electron chi connectivity index (χ4n) is 6.14. The number of rotatable bonds is 6. The first kappa shape index (κ1) is 32.2. The molecule has 2 fully saturated rings. The molecule has 1 heterocycles. The fraction of sp³-hybridized carbons (Fsp3) is 0.500. The van der Waals surface area contributed by atoms with Crippen molar-refractivity contribution in [2.75, 3.05) is 0 Å². The Labute approximate surface area is 255 Å². The molecule has 1 N–H and O–H groups in total. The molecule has 1 unspecified atom stereocenters. The van der Waals surface area contributed by atoms with Crippen molar-refractivity contribution < 1.29 is 30.0 Å². The standard InChI is InChI=1S/C21H22N.C15H24O2.Ir/c1-5-16(4)17-6-7-20-18(13-17)8-9-22-21(20)19-11-14(2)10-15(3)12-19;16-14(12-7-3-1-4-8-12)11-15(17)13-9-5-2-6-10-13;/h6-11,13,16H,5H2,1-4H3;11-13,16H,1-10H2;/q-1;;. The summed E-state index contributed by atoms with van der Waals surface area (Å²) in [6, 6.07) is 16.6. The maximum Gasteiger partial charge on any atom is 0.162 e. The molecule has 0 aliphatic heterocycles. The molecule has 1 atom stereocenters. The van der Waals surface area contributed by atoms with Crippen molar-refractivity contribution in [1.29, 1.82) is 0 Å². The predicted molar refractivity (Wildman–Crippen MR) is 163 cm³/mol. The second kappa shape index (κ2) is 15.6. The molecule has 2 aromatic carbocycles. The normalized spacial score (nSPS) is 17.4. The third kappa shape index (κ3) is 8.60. The summed E-state index contributed by atoms with van der Waals surface area (Å²) in [6.07, 6.45) is 16.1. The first-order valence-electron chi connectivity index (χ1n) is 15.2. The molecule has 1 aromatic heterocycles. The van der Waals surface area contributed by atoms with Crippen LogP contribution in [0.1, 0.15) is 107 Å². The zero-order valence-corrected chi connectivity index (χ0v) is 27.2. The van der Waals surface area contributed by atoms with Gasteiger partial charge in [0.2, 0.25) is 0 Å².